The summed E-state index contributed by atoms with van der Waals surface area (Å²) < 4.78 is 1.54. The van der Waals surface area contributed by atoms with Crippen LogP contribution in [-0.4, -0.2) is 50.3 Å². The number of hydrogen-bond acceptors (Lipinski definition) is 5. The first-order valence-electron chi connectivity index (χ1n) is 8.40. The smallest absolute Gasteiger partial charge is 0.312 e. The summed E-state index contributed by atoms with van der Waals surface area (Å²) in [5.41, 5.74) is 0.830. The molecule has 8 nitrogen and oxygen atoms in total. The fraction of sp³-hybridized carbons (Fsp3) is 0.750. The second-order valence-electron chi connectivity index (χ2n) is 6.64. The number of hydrogen-bond donors (Lipinski definition) is 1. The van der Waals surface area contributed by atoms with Crippen molar-refractivity contribution in [2.75, 3.05) is 19.7 Å². The Kier molecular flexibility index (Phi) is 5.58. The number of amides is 1. The second kappa shape index (κ2) is 7.29. The summed E-state index contributed by atoms with van der Waals surface area (Å²) in [5.74, 6) is 0.0350. The van der Waals surface area contributed by atoms with E-state index in [4.69, 9.17) is 0 Å². The number of aromatic nitrogens is 2. The van der Waals surface area contributed by atoms with Crippen molar-refractivity contribution >= 4 is 11.6 Å². The van der Waals surface area contributed by atoms with Crippen LogP contribution in [0.15, 0.2) is 0 Å². The lowest BCUT2D eigenvalue weighted by Crippen LogP contribution is -2.44. The van der Waals surface area contributed by atoms with Gasteiger partial charge in [0, 0.05) is 26.1 Å². The summed E-state index contributed by atoms with van der Waals surface area (Å²) in [5, 5.41) is 24.7. The predicted octanol–water partition coefficient (Wildman–Crippen LogP) is 1.81. The van der Waals surface area contributed by atoms with Crippen molar-refractivity contribution in [2.45, 2.75) is 53.0 Å². The lowest BCUT2D eigenvalue weighted by Gasteiger charge is -2.40. The van der Waals surface area contributed by atoms with Crippen molar-refractivity contribution < 1.29 is 14.8 Å². The molecule has 0 unspecified atom stereocenters. The Morgan fingerprint density at radius 2 is 2.00 bits per heavy atom. The van der Waals surface area contributed by atoms with Crippen LogP contribution < -0.4 is 0 Å². The highest BCUT2D eigenvalue weighted by atomic mass is 16.6. The first-order valence-corrected chi connectivity index (χ1v) is 8.40. The van der Waals surface area contributed by atoms with Gasteiger partial charge in [0.1, 0.15) is 11.4 Å². The van der Waals surface area contributed by atoms with E-state index in [1.807, 2.05) is 4.90 Å². The fourth-order valence-corrected chi connectivity index (χ4v) is 3.38. The van der Waals surface area contributed by atoms with E-state index < -0.39 is 4.92 Å². The number of piperidine rings is 1. The maximum Gasteiger partial charge on any atom is 0.312 e. The Morgan fingerprint density at radius 3 is 2.46 bits per heavy atom. The number of carbonyl (C=O) groups is 1. The number of aliphatic hydroxyl groups is 1. The van der Waals surface area contributed by atoms with Crippen molar-refractivity contribution in [3.05, 3.63) is 21.5 Å². The highest BCUT2D eigenvalue weighted by molar-refractivity contribution is 5.76. The Hall–Kier alpha value is -1.96. The highest BCUT2D eigenvalue weighted by Gasteiger charge is 2.33. The van der Waals surface area contributed by atoms with Gasteiger partial charge in [0.2, 0.25) is 5.91 Å². The van der Waals surface area contributed by atoms with Crippen LogP contribution in [0.1, 0.15) is 44.0 Å². The minimum absolute atomic E-state index is 0.0242. The minimum atomic E-state index is -0.431. The summed E-state index contributed by atoms with van der Waals surface area (Å²) in [6, 6.07) is 0. The number of aryl methyl sites for hydroxylation is 2. The molecule has 134 valence electrons. The van der Waals surface area contributed by atoms with Gasteiger partial charge in [0.25, 0.3) is 0 Å². The van der Waals surface area contributed by atoms with Gasteiger partial charge in [0.15, 0.2) is 0 Å². The van der Waals surface area contributed by atoms with Crippen LogP contribution in [0.5, 0.6) is 0 Å². The molecule has 1 N–H and O–H groups in total. The molecule has 0 bridgehead atoms. The van der Waals surface area contributed by atoms with Gasteiger partial charge in [-0.2, -0.15) is 5.10 Å². The molecule has 2 rings (SSSR count). The summed E-state index contributed by atoms with van der Waals surface area (Å²) in [4.78, 5) is 24.8. The van der Waals surface area contributed by atoms with Gasteiger partial charge < -0.3 is 10.0 Å². The molecular weight excluding hydrogens is 312 g/mol. The molecule has 24 heavy (non-hydrogen) atoms. The van der Waals surface area contributed by atoms with Gasteiger partial charge >= 0.3 is 5.69 Å². The molecule has 1 aromatic rings. The summed E-state index contributed by atoms with van der Waals surface area (Å²) in [6.45, 7) is 7.15. The molecule has 1 fully saturated rings. The molecule has 1 saturated heterocycles. The van der Waals surface area contributed by atoms with Gasteiger partial charge in [-0.25, -0.2) is 0 Å². The molecule has 0 aromatic carbocycles. The Balaban J connectivity index is 1.93. The Labute approximate surface area is 141 Å². The molecule has 2 heterocycles. The van der Waals surface area contributed by atoms with Crippen LogP contribution in [0.4, 0.5) is 5.69 Å². The van der Waals surface area contributed by atoms with Crippen molar-refractivity contribution in [2.24, 2.45) is 5.41 Å². The summed E-state index contributed by atoms with van der Waals surface area (Å²) in [6.07, 6.45) is 2.83. The number of nitro groups is 1. The lowest BCUT2D eigenvalue weighted by atomic mass is 9.77. The van der Waals surface area contributed by atoms with E-state index in [2.05, 4.69) is 12.0 Å². The van der Waals surface area contributed by atoms with E-state index in [1.54, 1.807) is 18.5 Å². The standard InChI is InChI=1S/C16H26N4O4/c1-4-16(11-21)6-9-18(10-7-16)14(22)5-8-19-13(3)15(20(23)24)12(2)17-19/h21H,4-11H2,1-3H3. The van der Waals surface area contributed by atoms with Crippen LogP contribution in [0.2, 0.25) is 0 Å². The maximum absolute atomic E-state index is 12.4. The molecular formula is C16H26N4O4. The molecule has 0 radical (unpaired) electrons. The van der Waals surface area contributed by atoms with Gasteiger partial charge in [-0.05, 0) is 38.5 Å². The van der Waals surface area contributed by atoms with Crippen LogP contribution in [-0.2, 0) is 11.3 Å². The SMILES string of the molecule is CCC1(CO)CCN(C(=O)CCn2nc(C)c([N+](=O)[O-])c2C)CC1. The summed E-state index contributed by atoms with van der Waals surface area (Å²) in [7, 11) is 0. The molecule has 1 amide bonds. The van der Waals surface area contributed by atoms with Gasteiger partial charge in [0.05, 0.1) is 11.5 Å². The van der Waals surface area contributed by atoms with E-state index in [0.29, 0.717) is 31.0 Å². The zero-order chi connectivity index (χ0) is 17.9. The van der Waals surface area contributed by atoms with E-state index in [-0.39, 0.29) is 30.0 Å². The molecule has 0 saturated carbocycles. The number of nitrogens with zero attached hydrogens (tertiary/aromatic N) is 4. The van der Waals surface area contributed by atoms with Crippen molar-refractivity contribution in [1.82, 2.24) is 14.7 Å². The summed E-state index contributed by atoms with van der Waals surface area (Å²) >= 11 is 0. The van der Waals surface area contributed by atoms with Crippen LogP contribution in [0, 0.1) is 29.4 Å². The van der Waals surface area contributed by atoms with Crippen molar-refractivity contribution in [1.29, 1.82) is 0 Å². The molecule has 1 aliphatic rings. The topological polar surface area (TPSA) is 102 Å². The monoisotopic (exact) mass is 338 g/mol. The third-order valence-electron chi connectivity index (χ3n) is 5.33. The Morgan fingerprint density at radius 1 is 1.38 bits per heavy atom. The first kappa shape index (κ1) is 18.4. The number of carbonyl (C=O) groups excluding carboxylic acids is 1. The van der Waals surface area contributed by atoms with Gasteiger partial charge in [-0.1, -0.05) is 6.92 Å². The highest BCUT2D eigenvalue weighted by Crippen LogP contribution is 2.34. The second-order valence-corrected chi connectivity index (χ2v) is 6.64. The van der Waals surface area contributed by atoms with Crippen LogP contribution in [0.25, 0.3) is 0 Å². The van der Waals surface area contributed by atoms with Gasteiger partial charge in [-0.3, -0.25) is 19.6 Å². The van der Waals surface area contributed by atoms with Crippen LogP contribution in [0.3, 0.4) is 0 Å². The zero-order valence-corrected chi connectivity index (χ0v) is 14.6. The van der Waals surface area contributed by atoms with Gasteiger partial charge in [-0.15, -0.1) is 0 Å². The molecule has 1 aliphatic heterocycles. The number of aliphatic hydroxyl groups excluding tert-OH is 1. The first-order chi connectivity index (χ1) is 11.3. The average Bonchev–Trinajstić information content (AvgIpc) is 2.86. The number of rotatable bonds is 6. The molecule has 8 heteroatoms. The van der Waals surface area contributed by atoms with E-state index >= 15 is 0 Å². The molecule has 0 atom stereocenters. The molecule has 1 aromatic heterocycles. The average molecular weight is 338 g/mol. The molecule has 0 spiro atoms. The third-order valence-corrected chi connectivity index (χ3v) is 5.33. The third kappa shape index (κ3) is 3.58. The van der Waals surface area contributed by atoms with Crippen molar-refractivity contribution in [3.63, 3.8) is 0 Å². The van der Waals surface area contributed by atoms with E-state index in [0.717, 1.165) is 19.3 Å². The Bertz CT molecular complexity index is 612. The van der Waals surface area contributed by atoms with Crippen molar-refractivity contribution in [3.8, 4) is 0 Å². The normalized spacial score (nSPS) is 17.1. The number of likely N-dealkylation sites (tertiary alicyclic amines) is 1. The van der Waals surface area contributed by atoms with E-state index in [1.165, 1.54) is 0 Å². The lowest BCUT2D eigenvalue weighted by molar-refractivity contribution is -0.386. The van der Waals surface area contributed by atoms with Crippen LogP contribution >= 0.6 is 0 Å². The minimum Gasteiger partial charge on any atom is -0.396 e. The zero-order valence-electron chi connectivity index (χ0n) is 14.6. The predicted molar refractivity (Wildman–Crippen MR) is 88.6 cm³/mol. The fourth-order valence-electron chi connectivity index (χ4n) is 3.38. The van der Waals surface area contributed by atoms with E-state index in [9.17, 15) is 20.0 Å². The largest absolute Gasteiger partial charge is 0.396 e. The maximum atomic E-state index is 12.4. The molecule has 0 aliphatic carbocycles. The quantitative estimate of drug-likeness (QED) is 0.629.